The number of esters is 1. The molecular weight excluding hydrogens is 378 g/mol. The van der Waals surface area contributed by atoms with E-state index in [-0.39, 0.29) is 12.0 Å². The maximum Gasteiger partial charge on any atom is 0.328 e. The third kappa shape index (κ3) is 5.89. The molecule has 0 spiro atoms. The van der Waals surface area contributed by atoms with Crippen LogP contribution in [-0.4, -0.2) is 24.2 Å². The summed E-state index contributed by atoms with van der Waals surface area (Å²) in [5, 5.41) is 0. The van der Waals surface area contributed by atoms with Crippen molar-refractivity contribution in [2.75, 3.05) is 11.4 Å². The third-order valence-electron chi connectivity index (χ3n) is 3.88. The number of hydrogen-bond donors (Lipinski definition) is 0. The zero-order chi connectivity index (χ0) is 18.4. The lowest BCUT2D eigenvalue weighted by Gasteiger charge is -2.32. The van der Waals surface area contributed by atoms with Crippen LogP contribution in [0.25, 0.3) is 0 Å². The minimum Gasteiger partial charge on any atom is -0.458 e. The Morgan fingerprint density at radius 2 is 1.68 bits per heavy atom. The molecule has 0 aliphatic carbocycles. The third-order valence-corrected chi connectivity index (χ3v) is 4.66. The van der Waals surface area contributed by atoms with Gasteiger partial charge < -0.3 is 9.64 Å². The zero-order valence-corrected chi connectivity index (χ0v) is 16.9. The predicted molar refractivity (Wildman–Crippen MR) is 107 cm³/mol. The van der Waals surface area contributed by atoms with Crippen LogP contribution in [0.1, 0.15) is 33.3 Å². The number of nitrogens with zero attached hydrogens (tertiary/aromatic N) is 1. The van der Waals surface area contributed by atoms with E-state index in [1.54, 1.807) is 0 Å². The number of halogens is 1. The van der Waals surface area contributed by atoms with Crippen molar-refractivity contribution in [2.45, 2.75) is 45.8 Å². The molecule has 0 aromatic heterocycles. The Hall–Kier alpha value is -1.81. The molecule has 0 heterocycles. The molecule has 0 bridgehead atoms. The lowest BCUT2D eigenvalue weighted by molar-refractivity contribution is -0.156. The van der Waals surface area contributed by atoms with Crippen molar-refractivity contribution >= 4 is 27.6 Å². The predicted octanol–water partition coefficient (Wildman–Crippen LogP) is 5.23. The molecule has 0 radical (unpaired) electrons. The fourth-order valence-corrected chi connectivity index (χ4v) is 3.11. The number of carbonyl (C=O) groups excluding carboxylic acids is 1. The molecular formula is C21H26BrNO2. The largest absolute Gasteiger partial charge is 0.458 e. The van der Waals surface area contributed by atoms with Crippen LogP contribution in [-0.2, 0) is 16.0 Å². The van der Waals surface area contributed by atoms with Gasteiger partial charge >= 0.3 is 5.97 Å². The maximum absolute atomic E-state index is 12.6. The van der Waals surface area contributed by atoms with Crippen molar-refractivity contribution in [3.8, 4) is 0 Å². The lowest BCUT2D eigenvalue weighted by atomic mass is 10.1. The molecule has 1 unspecified atom stereocenters. The van der Waals surface area contributed by atoms with Crippen LogP contribution in [0.2, 0.25) is 0 Å². The van der Waals surface area contributed by atoms with Gasteiger partial charge in [0.1, 0.15) is 11.6 Å². The normalized spacial score (nSPS) is 12.5. The van der Waals surface area contributed by atoms with Gasteiger partial charge in [0.25, 0.3) is 0 Å². The van der Waals surface area contributed by atoms with Gasteiger partial charge in [-0.2, -0.15) is 0 Å². The van der Waals surface area contributed by atoms with Crippen molar-refractivity contribution in [3.05, 3.63) is 64.6 Å². The summed E-state index contributed by atoms with van der Waals surface area (Å²) in [6.45, 7) is 8.32. The van der Waals surface area contributed by atoms with Crippen molar-refractivity contribution < 1.29 is 9.53 Å². The highest BCUT2D eigenvalue weighted by Gasteiger charge is 2.27. The second-order valence-corrected chi connectivity index (χ2v) is 7.93. The van der Waals surface area contributed by atoms with Gasteiger partial charge in [-0.15, -0.1) is 0 Å². The molecule has 2 aromatic rings. The van der Waals surface area contributed by atoms with E-state index in [4.69, 9.17) is 4.74 Å². The molecule has 0 fully saturated rings. The second-order valence-electron chi connectivity index (χ2n) is 7.08. The molecule has 0 aliphatic heterocycles. The standard InChI is InChI=1S/C21H26BrNO2/c1-16(20(24)25-21(2,3)4)23(18-11-6-5-7-12-18)15-14-17-10-8-9-13-19(17)22/h5-13,16H,14-15H2,1-4H3. The summed E-state index contributed by atoms with van der Waals surface area (Å²) < 4.78 is 6.68. The number of hydrogen-bond acceptors (Lipinski definition) is 3. The first-order valence-corrected chi connectivity index (χ1v) is 9.35. The van der Waals surface area contributed by atoms with E-state index in [9.17, 15) is 4.79 Å². The molecule has 134 valence electrons. The summed E-state index contributed by atoms with van der Waals surface area (Å²) in [4.78, 5) is 14.7. The zero-order valence-electron chi connectivity index (χ0n) is 15.3. The Balaban J connectivity index is 2.19. The highest BCUT2D eigenvalue weighted by atomic mass is 79.9. The molecule has 2 aromatic carbocycles. The lowest BCUT2D eigenvalue weighted by Crippen LogP contribution is -2.43. The molecule has 0 amide bonds. The van der Waals surface area contributed by atoms with Gasteiger partial charge in [0.15, 0.2) is 0 Å². The first-order chi connectivity index (χ1) is 11.8. The maximum atomic E-state index is 12.6. The summed E-state index contributed by atoms with van der Waals surface area (Å²) in [6.07, 6.45) is 0.837. The van der Waals surface area contributed by atoms with Gasteiger partial charge in [-0.3, -0.25) is 0 Å². The molecule has 0 N–H and O–H groups in total. The number of benzene rings is 2. The van der Waals surface area contributed by atoms with Crippen LogP contribution >= 0.6 is 15.9 Å². The van der Waals surface area contributed by atoms with Gasteiger partial charge in [-0.1, -0.05) is 52.3 Å². The molecule has 1 atom stereocenters. The quantitative estimate of drug-likeness (QED) is 0.618. The van der Waals surface area contributed by atoms with Crippen molar-refractivity contribution in [1.82, 2.24) is 0 Å². The van der Waals surface area contributed by atoms with Crippen molar-refractivity contribution in [3.63, 3.8) is 0 Å². The van der Waals surface area contributed by atoms with Crippen LogP contribution < -0.4 is 4.90 Å². The highest BCUT2D eigenvalue weighted by molar-refractivity contribution is 9.10. The molecule has 3 nitrogen and oxygen atoms in total. The monoisotopic (exact) mass is 403 g/mol. The van der Waals surface area contributed by atoms with E-state index in [2.05, 4.69) is 26.9 Å². The molecule has 25 heavy (non-hydrogen) atoms. The fraction of sp³-hybridized carbons (Fsp3) is 0.381. The van der Waals surface area contributed by atoms with E-state index in [0.717, 1.165) is 23.1 Å². The van der Waals surface area contributed by atoms with Crippen LogP contribution in [0.5, 0.6) is 0 Å². The first kappa shape index (κ1) is 19.5. The number of anilines is 1. The Morgan fingerprint density at radius 1 is 1.08 bits per heavy atom. The van der Waals surface area contributed by atoms with Crippen molar-refractivity contribution in [2.24, 2.45) is 0 Å². The second kappa shape index (κ2) is 8.52. The highest BCUT2D eigenvalue weighted by Crippen LogP contribution is 2.22. The molecule has 0 saturated carbocycles. The summed E-state index contributed by atoms with van der Waals surface area (Å²) in [7, 11) is 0. The van der Waals surface area contributed by atoms with Crippen LogP contribution in [0.4, 0.5) is 5.69 Å². The summed E-state index contributed by atoms with van der Waals surface area (Å²) in [6, 6.07) is 17.8. The van der Waals surface area contributed by atoms with E-state index in [1.807, 2.05) is 76.2 Å². The van der Waals surface area contributed by atoms with Crippen molar-refractivity contribution in [1.29, 1.82) is 0 Å². The van der Waals surface area contributed by atoms with Gasteiger partial charge in [0.05, 0.1) is 0 Å². The SMILES string of the molecule is CC(C(=O)OC(C)(C)C)N(CCc1ccccc1Br)c1ccccc1. The van der Waals surface area contributed by atoms with Gasteiger partial charge in [-0.05, 0) is 57.9 Å². The topological polar surface area (TPSA) is 29.5 Å². The Kier molecular flexibility index (Phi) is 6.65. The van der Waals surface area contributed by atoms with E-state index in [0.29, 0.717) is 0 Å². The van der Waals surface area contributed by atoms with E-state index >= 15 is 0 Å². The molecule has 4 heteroatoms. The first-order valence-electron chi connectivity index (χ1n) is 8.56. The number of carbonyl (C=O) groups is 1. The number of para-hydroxylation sites is 1. The summed E-state index contributed by atoms with van der Waals surface area (Å²) in [5.74, 6) is -0.205. The number of rotatable bonds is 6. The van der Waals surface area contributed by atoms with Gasteiger partial charge in [0.2, 0.25) is 0 Å². The summed E-state index contributed by atoms with van der Waals surface area (Å²) >= 11 is 3.60. The average Bonchev–Trinajstić information content (AvgIpc) is 2.56. The Morgan fingerprint density at radius 3 is 2.28 bits per heavy atom. The minimum atomic E-state index is -0.490. The Labute approximate surface area is 159 Å². The van der Waals surface area contributed by atoms with Crippen LogP contribution in [0.3, 0.4) is 0 Å². The number of ether oxygens (including phenoxy) is 1. The minimum absolute atomic E-state index is 0.205. The Bertz CT molecular complexity index is 695. The fourth-order valence-electron chi connectivity index (χ4n) is 2.62. The average molecular weight is 404 g/mol. The van der Waals surface area contributed by atoms with E-state index < -0.39 is 5.60 Å². The summed E-state index contributed by atoms with van der Waals surface area (Å²) in [5.41, 5.74) is 1.75. The van der Waals surface area contributed by atoms with E-state index in [1.165, 1.54) is 5.56 Å². The smallest absolute Gasteiger partial charge is 0.328 e. The molecule has 2 rings (SSSR count). The van der Waals surface area contributed by atoms with Crippen LogP contribution in [0, 0.1) is 0 Å². The van der Waals surface area contributed by atoms with Gasteiger partial charge in [-0.25, -0.2) is 4.79 Å². The van der Waals surface area contributed by atoms with Crippen LogP contribution in [0.15, 0.2) is 59.1 Å². The van der Waals surface area contributed by atoms with Gasteiger partial charge in [0, 0.05) is 16.7 Å². The molecule has 0 saturated heterocycles. The molecule has 0 aliphatic rings.